The lowest BCUT2D eigenvalue weighted by molar-refractivity contribution is 0.00578. The summed E-state index contributed by atoms with van der Waals surface area (Å²) in [5.74, 6) is 0.334. The van der Waals surface area contributed by atoms with Crippen molar-refractivity contribution in [1.82, 2.24) is 14.5 Å². The summed E-state index contributed by atoms with van der Waals surface area (Å²) >= 11 is 1.25. The zero-order chi connectivity index (χ0) is 24.8. The van der Waals surface area contributed by atoms with E-state index in [4.69, 9.17) is 9.31 Å². The van der Waals surface area contributed by atoms with E-state index in [1.54, 1.807) is 0 Å². The van der Waals surface area contributed by atoms with Crippen LogP contribution in [0.2, 0.25) is 6.32 Å². The topological polar surface area (TPSA) is 77.4 Å². The standard InChI is InChI=1S/C26H37BN4O3S/c1-17(15-27-33-25(2,3)26(4,5)34-27)16-31-13-12-22(29-31)35-30-24(32)28-23-20-10-6-8-18(20)14-19-9-7-11-21(19)23/h12-14,17H,6-11,15-16H2,1-5H3,(H2,28,30,32). The first kappa shape index (κ1) is 24.7. The molecule has 1 saturated heterocycles. The van der Waals surface area contributed by atoms with Crippen molar-refractivity contribution < 1.29 is 14.1 Å². The second-order valence-corrected chi connectivity index (χ2v) is 12.1. The van der Waals surface area contributed by atoms with Crippen molar-refractivity contribution in [2.75, 3.05) is 5.32 Å². The van der Waals surface area contributed by atoms with Gasteiger partial charge in [0, 0.05) is 30.4 Å². The first-order chi connectivity index (χ1) is 16.6. The minimum Gasteiger partial charge on any atom is -0.403 e. The van der Waals surface area contributed by atoms with Crippen molar-refractivity contribution in [3.05, 3.63) is 40.6 Å². The molecule has 0 spiro atoms. The second kappa shape index (κ2) is 9.49. The summed E-state index contributed by atoms with van der Waals surface area (Å²) in [5.41, 5.74) is 5.96. The molecule has 3 aliphatic rings. The molecule has 5 rings (SSSR count). The van der Waals surface area contributed by atoms with Crippen LogP contribution in [0.15, 0.2) is 23.4 Å². The summed E-state index contributed by atoms with van der Waals surface area (Å²) in [6.45, 7) is 11.3. The first-order valence-corrected chi connectivity index (χ1v) is 13.7. The highest BCUT2D eigenvalue weighted by atomic mass is 32.2. The van der Waals surface area contributed by atoms with Crippen molar-refractivity contribution in [3.8, 4) is 0 Å². The molecule has 2 amide bonds. The predicted molar refractivity (Wildman–Crippen MR) is 141 cm³/mol. The largest absolute Gasteiger partial charge is 0.458 e. The molecular weight excluding hydrogens is 459 g/mol. The van der Waals surface area contributed by atoms with Gasteiger partial charge in [-0.05, 0) is 107 Å². The Morgan fingerprint density at radius 2 is 1.74 bits per heavy atom. The Morgan fingerprint density at radius 1 is 1.11 bits per heavy atom. The van der Waals surface area contributed by atoms with Crippen molar-refractivity contribution in [2.24, 2.45) is 5.92 Å². The third-order valence-electron chi connectivity index (χ3n) is 7.97. The maximum absolute atomic E-state index is 12.8. The molecule has 35 heavy (non-hydrogen) atoms. The third-order valence-corrected chi connectivity index (χ3v) is 8.69. The number of nitrogens with one attached hydrogen (secondary N) is 2. The normalized spacial score (nSPS) is 20.5. The molecule has 1 aromatic heterocycles. The van der Waals surface area contributed by atoms with E-state index in [1.165, 1.54) is 47.0 Å². The van der Waals surface area contributed by atoms with Crippen LogP contribution in [0.25, 0.3) is 0 Å². The van der Waals surface area contributed by atoms with E-state index in [-0.39, 0.29) is 24.4 Å². The molecule has 0 bridgehead atoms. The number of carbonyl (C=O) groups excluding carboxylic acids is 1. The molecule has 0 saturated carbocycles. The van der Waals surface area contributed by atoms with Gasteiger partial charge in [-0.25, -0.2) is 4.79 Å². The highest BCUT2D eigenvalue weighted by Gasteiger charge is 2.51. The van der Waals surface area contributed by atoms with Crippen molar-refractivity contribution in [3.63, 3.8) is 0 Å². The minimum absolute atomic E-state index is 0.187. The number of urea groups is 1. The second-order valence-electron chi connectivity index (χ2n) is 11.3. The molecule has 2 heterocycles. The van der Waals surface area contributed by atoms with Crippen LogP contribution in [0.1, 0.15) is 69.7 Å². The molecule has 1 atom stereocenters. The molecule has 188 valence electrons. The monoisotopic (exact) mass is 496 g/mol. The van der Waals surface area contributed by atoms with Gasteiger partial charge in [-0.2, -0.15) is 5.10 Å². The van der Waals surface area contributed by atoms with Crippen LogP contribution < -0.4 is 10.0 Å². The van der Waals surface area contributed by atoms with E-state index in [2.05, 4.69) is 55.8 Å². The van der Waals surface area contributed by atoms with E-state index in [0.717, 1.165) is 49.3 Å². The molecule has 2 aromatic rings. The molecule has 1 unspecified atom stereocenters. The van der Waals surface area contributed by atoms with Crippen LogP contribution in [-0.4, -0.2) is 34.1 Å². The number of amides is 2. The summed E-state index contributed by atoms with van der Waals surface area (Å²) in [4.78, 5) is 12.8. The number of fused-ring (bicyclic) bond motifs is 2. The van der Waals surface area contributed by atoms with Gasteiger partial charge in [0.2, 0.25) is 0 Å². The van der Waals surface area contributed by atoms with Crippen molar-refractivity contribution in [2.45, 2.75) is 102 Å². The van der Waals surface area contributed by atoms with Gasteiger partial charge in [-0.1, -0.05) is 13.0 Å². The number of aromatic nitrogens is 2. The number of benzene rings is 1. The van der Waals surface area contributed by atoms with Crippen LogP contribution in [0.5, 0.6) is 0 Å². The third kappa shape index (κ3) is 5.13. The van der Waals surface area contributed by atoms with Crippen LogP contribution in [0.4, 0.5) is 10.5 Å². The quantitative estimate of drug-likeness (QED) is 0.396. The number of carbonyl (C=O) groups is 1. The van der Waals surface area contributed by atoms with Gasteiger partial charge in [0.15, 0.2) is 0 Å². The summed E-state index contributed by atoms with van der Waals surface area (Å²) in [6, 6.07) is 4.13. The summed E-state index contributed by atoms with van der Waals surface area (Å²) in [5, 5.41) is 8.57. The van der Waals surface area contributed by atoms with Crippen molar-refractivity contribution >= 4 is 30.8 Å². The van der Waals surface area contributed by atoms with Gasteiger partial charge in [0.1, 0.15) is 5.03 Å². The average molecular weight is 496 g/mol. The van der Waals surface area contributed by atoms with E-state index < -0.39 is 0 Å². The van der Waals surface area contributed by atoms with Crippen molar-refractivity contribution in [1.29, 1.82) is 0 Å². The SMILES string of the molecule is CC(CB1OC(C)(C)C(C)(C)O1)Cn1ccc(SNC(=O)Nc2c3c(cc4c2CCC4)CCC3)n1. The Labute approximate surface area is 213 Å². The van der Waals surface area contributed by atoms with E-state index in [0.29, 0.717) is 5.92 Å². The number of aryl methyl sites for hydroxylation is 2. The number of hydrogen-bond acceptors (Lipinski definition) is 5. The molecule has 2 N–H and O–H groups in total. The highest BCUT2D eigenvalue weighted by Crippen LogP contribution is 2.39. The lowest BCUT2D eigenvalue weighted by Gasteiger charge is -2.32. The Kier molecular flexibility index (Phi) is 6.70. The molecule has 7 nitrogen and oxygen atoms in total. The number of rotatable bonds is 7. The minimum atomic E-state index is -0.307. The number of hydrogen-bond donors (Lipinski definition) is 2. The molecule has 1 fully saturated rings. The fraction of sp³-hybridized carbons (Fsp3) is 0.615. The predicted octanol–water partition coefficient (Wildman–Crippen LogP) is 5.42. The van der Waals surface area contributed by atoms with Gasteiger partial charge in [0.25, 0.3) is 0 Å². The molecular formula is C26H37BN4O3S. The van der Waals surface area contributed by atoms with Gasteiger partial charge in [-0.15, -0.1) is 0 Å². The zero-order valence-corrected chi connectivity index (χ0v) is 22.4. The molecule has 1 aliphatic heterocycles. The number of nitrogens with zero attached hydrogens (tertiary/aromatic N) is 2. The lowest BCUT2D eigenvalue weighted by atomic mass is 9.78. The molecule has 0 radical (unpaired) electrons. The smallest absolute Gasteiger partial charge is 0.403 e. The van der Waals surface area contributed by atoms with Crippen LogP contribution in [-0.2, 0) is 41.5 Å². The van der Waals surface area contributed by atoms with Crippen LogP contribution in [0, 0.1) is 5.92 Å². The lowest BCUT2D eigenvalue weighted by Crippen LogP contribution is -2.41. The van der Waals surface area contributed by atoms with Gasteiger partial charge in [-0.3, -0.25) is 9.40 Å². The molecule has 9 heteroatoms. The van der Waals surface area contributed by atoms with E-state index >= 15 is 0 Å². The molecule has 1 aromatic carbocycles. The maximum atomic E-state index is 12.8. The Balaban J connectivity index is 1.13. The average Bonchev–Trinajstić information content (AvgIpc) is 3.54. The number of anilines is 1. The van der Waals surface area contributed by atoms with Gasteiger partial charge in [0.05, 0.1) is 11.2 Å². The van der Waals surface area contributed by atoms with E-state index in [9.17, 15) is 4.79 Å². The summed E-state index contributed by atoms with van der Waals surface area (Å²) in [6.07, 6.45) is 9.47. The first-order valence-electron chi connectivity index (χ1n) is 12.9. The Morgan fingerprint density at radius 3 is 2.37 bits per heavy atom. The fourth-order valence-electron chi connectivity index (χ4n) is 5.49. The van der Waals surface area contributed by atoms with Crippen LogP contribution in [0.3, 0.4) is 0 Å². The summed E-state index contributed by atoms with van der Waals surface area (Å²) < 4.78 is 17.1. The summed E-state index contributed by atoms with van der Waals surface area (Å²) in [7, 11) is -0.203. The Bertz CT molecular complexity index is 1070. The van der Waals surface area contributed by atoms with Gasteiger partial charge < -0.3 is 14.6 Å². The van der Waals surface area contributed by atoms with Crippen LogP contribution >= 0.6 is 11.9 Å². The maximum Gasteiger partial charge on any atom is 0.458 e. The Hall–Kier alpha value is -1.97. The van der Waals surface area contributed by atoms with Gasteiger partial charge >= 0.3 is 13.1 Å². The molecule has 2 aliphatic carbocycles. The fourth-order valence-corrected chi connectivity index (χ4v) is 6.01. The van der Waals surface area contributed by atoms with E-state index in [1.807, 2.05) is 16.9 Å². The zero-order valence-electron chi connectivity index (χ0n) is 21.6. The highest BCUT2D eigenvalue weighted by molar-refractivity contribution is 7.97.